The number of nitrogens with one attached hydrogen (secondary N) is 1. The van der Waals surface area contributed by atoms with Crippen molar-refractivity contribution in [2.75, 3.05) is 0 Å². The van der Waals surface area contributed by atoms with Crippen LogP contribution >= 0.6 is 15.9 Å². The van der Waals surface area contributed by atoms with E-state index in [1.165, 1.54) is 36.7 Å². The van der Waals surface area contributed by atoms with Crippen molar-refractivity contribution in [1.29, 1.82) is 0 Å². The summed E-state index contributed by atoms with van der Waals surface area (Å²) >= 11 is 3.28. The number of hydrazone groups is 1. The molecule has 0 spiro atoms. The highest BCUT2D eigenvalue weighted by molar-refractivity contribution is 9.10. The van der Waals surface area contributed by atoms with Gasteiger partial charge < -0.3 is 8.60 Å². The summed E-state index contributed by atoms with van der Waals surface area (Å²) in [5.41, 5.74) is 3.89. The van der Waals surface area contributed by atoms with Crippen LogP contribution in [0.4, 0.5) is 0 Å². The minimum absolute atomic E-state index is 0.0660. The lowest BCUT2D eigenvalue weighted by Gasteiger charge is -2.09. The second kappa shape index (κ2) is 8.41. The van der Waals surface area contributed by atoms with E-state index in [4.69, 9.17) is 8.60 Å². The monoisotopic (exact) mass is 462 g/mol. The summed E-state index contributed by atoms with van der Waals surface area (Å²) < 4.78 is 35.3. The Morgan fingerprint density at radius 3 is 2.57 bits per heavy atom. The molecule has 1 amide bonds. The van der Waals surface area contributed by atoms with Gasteiger partial charge in [-0.15, -0.1) is 0 Å². The van der Waals surface area contributed by atoms with Gasteiger partial charge in [-0.25, -0.2) is 5.43 Å². The van der Waals surface area contributed by atoms with Crippen LogP contribution in [0.25, 0.3) is 0 Å². The quantitative estimate of drug-likeness (QED) is 0.340. The molecule has 0 aliphatic heterocycles. The van der Waals surface area contributed by atoms with E-state index in [1.54, 1.807) is 30.3 Å². The molecule has 3 rings (SSSR count). The molecule has 3 aromatic rings. The van der Waals surface area contributed by atoms with Gasteiger partial charge in [0.2, 0.25) is 0 Å². The Hall–Kier alpha value is -2.91. The number of amides is 1. The second-order valence-corrected chi connectivity index (χ2v) is 8.12. The van der Waals surface area contributed by atoms with E-state index in [-0.39, 0.29) is 16.4 Å². The highest BCUT2D eigenvalue weighted by Gasteiger charge is 2.18. The summed E-state index contributed by atoms with van der Waals surface area (Å²) in [4.78, 5) is 11.8. The first kappa shape index (κ1) is 19.8. The third-order valence-corrected chi connectivity index (χ3v) is 5.46. The van der Waals surface area contributed by atoms with Gasteiger partial charge in [0.05, 0.1) is 17.0 Å². The lowest BCUT2D eigenvalue weighted by Crippen LogP contribution is -2.16. The van der Waals surface area contributed by atoms with Gasteiger partial charge in [0.15, 0.2) is 11.5 Å². The number of aryl methyl sites for hydroxylation is 1. The van der Waals surface area contributed by atoms with Gasteiger partial charge in [0.25, 0.3) is 0 Å². The van der Waals surface area contributed by atoms with Crippen LogP contribution in [0, 0.1) is 6.92 Å². The molecule has 1 aromatic heterocycles. The number of halogens is 1. The molecule has 1 heterocycles. The van der Waals surface area contributed by atoms with Gasteiger partial charge in [-0.3, -0.25) is 4.79 Å². The van der Waals surface area contributed by atoms with Crippen LogP contribution in [-0.4, -0.2) is 20.5 Å². The van der Waals surface area contributed by atoms with E-state index >= 15 is 0 Å². The van der Waals surface area contributed by atoms with Crippen molar-refractivity contribution in [3.63, 3.8) is 0 Å². The highest BCUT2D eigenvalue weighted by Crippen LogP contribution is 2.28. The van der Waals surface area contributed by atoms with Crippen LogP contribution in [0.2, 0.25) is 0 Å². The lowest BCUT2D eigenvalue weighted by atomic mass is 10.2. The van der Waals surface area contributed by atoms with Gasteiger partial charge in [-0.05, 0) is 70.9 Å². The molecular weight excluding hydrogens is 448 g/mol. The van der Waals surface area contributed by atoms with Gasteiger partial charge in [-0.2, -0.15) is 13.5 Å². The fourth-order valence-corrected chi connectivity index (χ4v) is 3.70. The first-order valence-corrected chi connectivity index (χ1v) is 10.2. The van der Waals surface area contributed by atoms with Crippen molar-refractivity contribution in [3.05, 3.63) is 82.2 Å². The van der Waals surface area contributed by atoms with Gasteiger partial charge >= 0.3 is 16.0 Å². The summed E-state index contributed by atoms with van der Waals surface area (Å²) in [6, 6.07) is 14.2. The molecule has 0 aliphatic carbocycles. The molecule has 0 saturated carbocycles. The molecule has 144 valence electrons. The maximum absolute atomic E-state index is 12.4. The topological polar surface area (TPSA) is 98.0 Å². The fourth-order valence-electron chi connectivity index (χ4n) is 2.16. The molecule has 2 aromatic carbocycles. The fraction of sp³-hybridized carbons (Fsp3) is 0.0526. The molecule has 0 radical (unpaired) electrons. The third kappa shape index (κ3) is 4.87. The van der Waals surface area contributed by atoms with E-state index in [1.807, 2.05) is 6.92 Å². The average molecular weight is 463 g/mol. The smallest absolute Gasteiger partial charge is 0.339 e. The van der Waals surface area contributed by atoms with E-state index < -0.39 is 16.0 Å². The molecular formula is C19H15BrN2O5S. The molecule has 0 bridgehead atoms. The van der Waals surface area contributed by atoms with Crippen LogP contribution in [0.15, 0.2) is 79.7 Å². The van der Waals surface area contributed by atoms with Gasteiger partial charge in [0, 0.05) is 0 Å². The average Bonchev–Trinajstić information content (AvgIpc) is 3.19. The SMILES string of the molecule is Cc1ccc(S(=O)(=O)Oc2ccc(/C=N\NC(=O)c3ccco3)cc2Br)cc1. The predicted molar refractivity (Wildman–Crippen MR) is 107 cm³/mol. The van der Waals surface area contributed by atoms with Crippen molar-refractivity contribution < 1.29 is 21.8 Å². The molecule has 0 atom stereocenters. The molecule has 0 saturated heterocycles. The Balaban J connectivity index is 1.69. The van der Waals surface area contributed by atoms with Crippen LogP contribution in [-0.2, 0) is 10.1 Å². The lowest BCUT2D eigenvalue weighted by molar-refractivity contribution is 0.0927. The third-order valence-electron chi connectivity index (χ3n) is 3.59. The first-order valence-electron chi connectivity index (χ1n) is 8.03. The van der Waals surface area contributed by atoms with Crippen LogP contribution in [0.5, 0.6) is 5.75 Å². The van der Waals surface area contributed by atoms with E-state index in [2.05, 4.69) is 26.5 Å². The Morgan fingerprint density at radius 2 is 1.93 bits per heavy atom. The number of carbonyl (C=O) groups excluding carboxylic acids is 1. The highest BCUT2D eigenvalue weighted by atomic mass is 79.9. The van der Waals surface area contributed by atoms with Crippen LogP contribution in [0.3, 0.4) is 0 Å². The number of furan rings is 1. The van der Waals surface area contributed by atoms with Crippen LogP contribution < -0.4 is 9.61 Å². The van der Waals surface area contributed by atoms with Crippen molar-refractivity contribution in [1.82, 2.24) is 5.43 Å². The zero-order valence-corrected chi connectivity index (χ0v) is 17.0. The maximum Gasteiger partial charge on any atom is 0.339 e. The molecule has 28 heavy (non-hydrogen) atoms. The number of nitrogens with zero attached hydrogens (tertiary/aromatic N) is 1. The summed E-state index contributed by atoms with van der Waals surface area (Å²) in [7, 11) is -3.95. The minimum atomic E-state index is -3.95. The number of rotatable bonds is 6. The maximum atomic E-state index is 12.4. The standard InChI is InChI=1S/C19H15BrN2O5S/c1-13-4-7-15(8-5-13)28(24,25)27-17-9-6-14(11-16(17)20)12-21-22-19(23)18-3-2-10-26-18/h2-12H,1H3,(H,22,23)/b21-12-. The van der Waals surface area contributed by atoms with Crippen molar-refractivity contribution in [2.24, 2.45) is 5.10 Å². The molecule has 9 heteroatoms. The van der Waals surface area contributed by atoms with Gasteiger partial charge in [0.1, 0.15) is 4.90 Å². The number of carbonyl (C=O) groups is 1. The summed E-state index contributed by atoms with van der Waals surface area (Å²) in [6.45, 7) is 1.87. The van der Waals surface area contributed by atoms with Crippen LogP contribution in [0.1, 0.15) is 21.7 Å². The summed E-state index contributed by atoms with van der Waals surface area (Å²) in [5, 5.41) is 3.83. The Labute approximate surface area is 170 Å². The summed E-state index contributed by atoms with van der Waals surface area (Å²) in [6.07, 6.45) is 2.79. The first-order chi connectivity index (χ1) is 13.3. The predicted octanol–water partition coefficient (Wildman–Crippen LogP) is 3.88. The zero-order chi connectivity index (χ0) is 20.1. The molecule has 0 unspecified atom stereocenters. The Bertz CT molecular complexity index is 1110. The second-order valence-electron chi connectivity index (χ2n) is 5.72. The largest absolute Gasteiger partial charge is 0.459 e. The van der Waals surface area contributed by atoms with E-state index in [0.717, 1.165) is 5.56 Å². The minimum Gasteiger partial charge on any atom is -0.459 e. The van der Waals surface area contributed by atoms with Gasteiger partial charge in [-0.1, -0.05) is 17.7 Å². The Morgan fingerprint density at radius 1 is 1.18 bits per heavy atom. The van der Waals surface area contributed by atoms with Crippen molar-refractivity contribution >= 4 is 38.2 Å². The molecule has 7 nitrogen and oxygen atoms in total. The molecule has 1 N–H and O–H groups in total. The van der Waals surface area contributed by atoms with Crippen molar-refractivity contribution in [2.45, 2.75) is 11.8 Å². The van der Waals surface area contributed by atoms with E-state index in [9.17, 15) is 13.2 Å². The number of hydrogen-bond acceptors (Lipinski definition) is 6. The Kier molecular flexibility index (Phi) is 5.96. The van der Waals surface area contributed by atoms with E-state index in [0.29, 0.717) is 10.0 Å². The zero-order valence-electron chi connectivity index (χ0n) is 14.6. The molecule has 0 fully saturated rings. The number of benzene rings is 2. The van der Waals surface area contributed by atoms with Crippen molar-refractivity contribution in [3.8, 4) is 5.75 Å². The summed E-state index contributed by atoms with van der Waals surface area (Å²) in [5.74, 6) is -0.204. The number of hydrogen-bond donors (Lipinski definition) is 1. The normalized spacial score (nSPS) is 11.5. The molecule has 0 aliphatic rings.